The number of carbonyl (C=O) groups excluding carboxylic acids is 3. The molecule has 0 aromatic heterocycles. The van der Waals surface area contributed by atoms with E-state index >= 15 is 0 Å². The Labute approximate surface area is 145 Å². The number of benzene rings is 1. The largest absolute Gasteiger partial charge is 0.348 e. The molecule has 126 valence electrons. The summed E-state index contributed by atoms with van der Waals surface area (Å²) in [6, 6.07) is 6.96. The van der Waals surface area contributed by atoms with Crippen LogP contribution in [0.3, 0.4) is 0 Å². The van der Waals surface area contributed by atoms with Gasteiger partial charge in [-0.2, -0.15) is 0 Å². The van der Waals surface area contributed by atoms with E-state index in [0.717, 1.165) is 10.5 Å². The van der Waals surface area contributed by atoms with Crippen LogP contribution in [0.5, 0.6) is 0 Å². The molecule has 1 N–H and O–H groups in total. The summed E-state index contributed by atoms with van der Waals surface area (Å²) in [5.74, 6) is -1.43. The van der Waals surface area contributed by atoms with E-state index in [1.165, 1.54) is 0 Å². The molecule has 1 aliphatic carbocycles. The van der Waals surface area contributed by atoms with E-state index in [-0.39, 0.29) is 42.1 Å². The standard InChI is InChI=1S/C18H19ClN2O3/c1-11(12-5-4-6-13(19)9-12)20-16(22)10-21-17(23)14-7-2-3-8-15(14)18(21)24/h2-6,9,11,14-15H,7-8,10H2,1H3,(H,20,22)/t11-,14-,15-/m0/s1. The summed E-state index contributed by atoms with van der Waals surface area (Å²) in [4.78, 5) is 38.1. The third-order valence-electron chi connectivity index (χ3n) is 4.63. The van der Waals surface area contributed by atoms with Crippen LogP contribution in [0, 0.1) is 11.8 Å². The second-order valence-corrected chi connectivity index (χ2v) is 6.70. The number of halogens is 1. The van der Waals surface area contributed by atoms with Gasteiger partial charge in [0.15, 0.2) is 0 Å². The highest BCUT2D eigenvalue weighted by Gasteiger charge is 2.47. The van der Waals surface area contributed by atoms with Gasteiger partial charge in [-0.3, -0.25) is 19.3 Å². The van der Waals surface area contributed by atoms with E-state index in [2.05, 4.69) is 5.32 Å². The molecule has 1 aliphatic heterocycles. The molecule has 0 bridgehead atoms. The summed E-state index contributed by atoms with van der Waals surface area (Å²) in [6.07, 6.45) is 5.01. The van der Waals surface area contributed by atoms with Crippen molar-refractivity contribution >= 4 is 29.3 Å². The minimum atomic E-state index is -0.351. The zero-order valence-electron chi connectivity index (χ0n) is 13.4. The van der Waals surface area contributed by atoms with Gasteiger partial charge in [-0.05, 0) is 37.5 Å². The van der Waals surface area contributed by atoms with Gasteiger partial charge in [0.05, 0.1) is 17.9 Å². The van der Waals surface area contributed by atoms with Crippen molar-refractivity contribution in [2.24, 2.45) is 11.8 Å². The van der Waals surface area contributed by atoms with E-state index in [9.17, 15) is 14.4 Å². The highest BCUT2D eigenvalue weighted by atomic mass is 35.5. The first-order chi connectivity index (χ1) is 11.5. The number of nitrogens with one attached hydrogen (secondary N) is 1. The lowest BCUT2D eigenvalue weighted by Crippen LogP contribution is -2.41. The van der Waals surface area contributed by atoms with Gasteiger partial charge in [0.1, 0.15) is 6.54 Å². The number of likely N-dealkylation sites (tertiary alicyclic amines) is 1. The van der Waals surface area contributed by atoms with Crippen LogP contribution in [0.4, 0.5) is 0 Å². The predicted molar refractivity (Wildman–Crippen MR) is 90.1 cm³/mol. The zero-order valence-corrected chi connectivity index (χ0v) is 14.1. The van der Waals surface area contributed by atoms with Crippen molar-refractivity contribution in [1.29, 1.82) is 0 Å². The number of carbonyl (C=O) groups is 3. The molecule has 6 heteroatoms. The SMILES string of the molecule is C[C@H](NC(=O)CN1C(=O)[C@H]2CC=CC[C@@H]2C1=O)c1cccc(Cl)c1. The van der Waals surface area contributed by atoms with E-state index in [0.29, 0.717) is 17.9 Å². The molecule has 1 aromatic rings. The maximum absolute atomic E-state index is 12.4. The average molecular weight is 347 g/mol. The number of hydrogen-bond acceptors (Lipinski definition) is 3. The van der Waals surface area contributed by atoms with Crippen LogP contribution >= 0.6 is 11.6 Å². The molecule has 0 saturated carbocycles. The fraction of sp³-hybridized carbons (Fsp3) is 0.389. The molecule has 1 saturated heterocycles. The average Bonchev–Trinajstić information content (AvgIpc) is 2.80. The van der Waals surface area contributed by atoms with Crippen molar-refractivity contribution < 1.29 is 14.4 Å². The highest BCUT2D eigenvalue weighted by Crippen LogP contribution is 2.34. The number of hydrogen-bond donors (Lipinski definition) is 1. The first-order valence-electron chi connectivity index (χ1n) is 8.02. The summed E-state index contributed by atoms with van der Waals surface area (Å²) < 4.78 is 0. The molecule has 5 nitrogen and oxygen atoms in total. The Kier molecular flexibility index (Phi) is 4.71. The van der Waals surface area contributed by atoms with Crippen molar-refractivity contribution in [1.82, 2.24) is 10.2 Å². The van der Waals surface area contributed by atoms with Crippen LogP contribution < -0.4 is 5.32 Å². The van der Waals surface area contributed by atoms with Crippen LogP contribution in [0.25, 0.3) is 0 Å². The zero-order chi connectivity index (χ0) is 17.3. The van der Waals surface area contributed by atoms with Crippen molar-refractivity contribution in [3.8, 4) is 0 Å². The Morgan fingerprint density at radius 3 is 2.46 bits per heavy atom. The van der Waals surface area contributed by atoms with Gasteiger partial charge in [-0.25, -0.2) is 0 Å². The molecule has 3 atom stereocenters. The van der Waals surface area contributed by atoms with Gasteiger partial charge in [0.25, 0.3) is 0 Å². The summed E-state index contributed by atoms with van der Waals surface area (Å²) in [5.41, 5.74) is 0.868. The van der Waals surface area contributed by atoms with Crippen LogP contribution in [0.2, 0.25) is 5.02 Å². The van der Waals surface area contributed by atoms with E-state index < -0.39 is 0 Å². The van der Waals surface area contributed by atoms with E-state index in [1.54, 1.807) is 12.1 Å². The summed E-state index contributed by atoms with van der Waals surface area (Å²) >= 11 is 5.95. The number of allylic oxidation sites excluding steroid dienone is 2. The smallest absolute Gasteiger partial charge is 0.240 e. The molecular weight excluding hydrogens is 328 g/mol. The molecule has 0 spiro atoms. The molecule has 3 amide bonds. The lowest BCUT2D eigenvalue weighted by molar-refractivity contribution is -0.143. The second-order valence-electron chi connectivity index (χ2n) is 6.26. The minimum absolute atomic E-state index is 0.227. The molecule has 2 aliphatic rings. The lowest BCUT2D eigenvalue weighted by atomic mass is 9.85. The van der Waals surface area contributed by atoms with Gasteiger partial charge in [-0.1, -0.05) is 35.9 Å². The Morgan fingerprint density at radius 2 is 1.88 bits per heavy atom. The minimum Gasteiger partial charge on any atom is -0.348 e. The molecule has 0 unspecified atom stereocenters. The fourth-order valence-electron chi connectivity index (χ4n) is 3.31. The number of amides is 3. The Bertz CT molecular complexity index is 690. The van der Waals surface area contributed by atoms with Gasteiger partial charge in [-0.15, -0.1) is 0 Å². The van der Waals surface area contributed by atoms with Gasteiger partial charge in [0.2, 0.25) is 17.7 Å². The maximum Gasteiger partial charge on any atom is 0.240 e. The molecule has 1 fully saturated rings. The number of fused-ring (bicyclic) bond motifs is 1. The Morgan fingerprint density at radius 1 is 1.25 bits per heavy atom. The number of imide groups is 1. The molecule has 1 aromatic carbocycles. The van der Waals surface area contributed by atoms with Crippen LogP contribution in [-0.4, -0.2) is 29.2 Å². The predicted octanol–water partition coefficient (Wildman–Crippen LogP) is 2.47. The fourth-order valence-corrected chi connectivity index (χ4v) is 3.51. The number of rotatable bonds is 4. The van der Waals surface area contributed by atoms with Gasteiger partial charge < -0.3 is 5.32 Å². The quantitative estimate of drug-likeness (QED) is 0.672. The third kappa shape index (κ3) is 3.22. The van der Waals surface area contributed by atoms with Crippen molar-refractivity contribution in [3.63, 3.8) is 0 Å². The number of nitrogens with zero attached hydrogens (tertiary/aromatic N) is 1. The van der Waals surface area contributed by atoms with Gasteiger partial charge >= 0.3 is 0 Å². The van der Waals surface area contributed by atoms with Crippen LogP contribution in [-0.2, 0) is 14.4 Å². The van der Waals surface area contributed by atoms with Crippen molar-refractivity contribution in [2.45, 2.75) is 25.8 Å². The topological polar surface area (TPSA) is 66.5 Å². The molecule has 3 rings (SSSR count). The Balaban J connectivity index is 1.63. The van der Waals surface area contributed by atoms with Crippen LogP contribution in [0.15, 0.2) is 36.4 Å². The molecular formula is C18H19ClN2O3. The summed E-state index contributed by atoms with van der Waals surface area (Å²) in [6.45, 7) is 1.61. The second kappa shape index (κ2) is 6.77. The van der Waals surface area contributed by atoms with Crippen molar-refractivity contribution in [3.05, 3.63) is 47.0 Å². The normalized spacial score (nSPS) is 24.0. The summed E-state index contributed by atoms with van der Waals surface area (Å²) in [7, 11) is 0. The third-order valence-corrected chi connectivity index (χ3v) is 4.86. The lowest BCUT2D eigenvalue weighted by Gasteiger charge is -2.18. The van der Waals surface area contributed by atoms with Crippen molar-refractivity contribution in [2.75, 3.05) is 6.54 Å². The Hall–Kier alpha value is -2.14. The molecule has 0 radical (unpaired) electrons. The van der Waals surface area contributed by atoms with E-state index in [1.807, 2.05) is 31.2 Å². The monoisotopic (exact) mass is 346 g/mol. The first-order valence-corrected chi connectivity index (χ1v) is 8.40. The van der Waals surface area contributed by atoms with E-state index in [4.69, 9.17) is 11.6 Å². The van der Waals surface area contributed by atoms with Crippen LogP contribution in [0.1, 0.15) is 31.4 Å². The summed E-state index contributed by atoms with van der Waals surface area (Å²) in [5, 5.41) is 3.41. The first kappa shape index (κ1) is 16.7. The molecule has 24 heavy (non-hydrogen) atoms. The highest BCUT2D eigenvalue weighted by molar-refractivity contribution is 6.30. The van der Waals surface area contributed by atoms with Gasteiger partial charge in [0, 0.05) is 5.02 Å². The molecule has 1 heterocycles. The maximum atomic E-state index is 12.4.